The summed E-state index contributed by atoms with van der Waals surface area (Å²) in [5.41, 5.74) is 1.18. The van der Waals surface area contributed by atoms with Gasteiger partial charge in [0.25, 0.3) is 0 Å². The van der Waals surface area contributed by atoms with E-state index in [9.17, 15) is 0 Å². The quantitative estimate of drug-likeness (QED) is 0.789. The van der Waals surface area contributed by atoms with Gasteiger partial charge in [-0.05, 0) is 29.9 Å². The summed E-state index contributed by atoms with van der Waals surface area (Å²) in [6, 6.07) is 7.97. The molecule has 0 radical (unpaired) electrons. The zero-order chi connectivity index (χ0) is 11.3. The summed E-state index contributed by atoms with van der Waals surface area (Å²) in [5.74, 6) is 0.872. The first-order chi connectivity index (χ1) is 7.17. The lowest BCUT2D eigenvalue weighted by Crippen LogP contribution is -2.33. The number of nitrogens with one attached hydrogen (secondary N) is 1. The fourth-order valence-corrected chi connectivity index (χ4v) is 1.37. The summed E-state index contributed by atoms with van der Waals surface area (Å²) in [7, 11) is 5.45. The average Bonchev–Trinajstić information content (AvgIpc) is 2.28. The highest BCUT2D eigenvalue weighted by molar-refractivity contribution is 7.80. The van der Waals surface area contributed by atoms with Crippen LogP contribution in [-0.2, 0) is 6.54 Å². The van der Waals surface area contributed by atoms with Crippen molar-refractivity contribution in [2.45, 2.75) is 6.54 Å². The first-order valence-corrected chi connectivity index (χ1v) is 5.14. The second kappa shape index (κ2) is 5.56. The number of hydrogen-bond acceptors (Lipinski definition) is 2. The molecule has 3 nitrogen and oxygen atoms in total. The van der Waals surface area contributed by atoms with Crippen molar-refractivity contribution < 1.29 is 4.74 Å². The van der Waals surface area contributed by atoms with Crippen LogP contribution in [0.3, 0.4) is 0 Å². The molecule has 0 aliphatic heterocycles. The van der Waals surface area contributed by atoms with Gasteiger partial charge in [0.15, 0.2) is 5.11 Å². The molecule has 0 aliphatic carbocycles. The molecule has 0 bridgehead atoms. The van der Waals surface area contributed by atoms with Gasteiger partial charge in [-0.15, -0.1) is 0 Å². The Balaban J connectivity index is 2.67. The Morgan fingerprint density at radius 1 is 1.53 bits per heavy atom. The summed E-state index contributed by atoms with van der Waals surface area (Å²) < 4.78 is 5.16. The van der Waals surface area contributed by atoms with Crippen LogP contribution in [0.15, 0.2) is 24.3 Å². The normalized spacial score (nSPS) is 9.53. The van der Waals surface area contributed by atoms with Crippen LogP contribution in [0.1, 0.15) is 5.56 Å². The van der Waals surface area contributed by atoms with Gasteiger partial charge in [0.2, 0.25) is 0 Å². The molecule has 1 aromatic rings. The van der Waals surface area contributed by atoms with Gasteiger partial charge in [-0.2, -0.15) is 0 Å². The van der Waals surface area contributed by atoms with Gasteiger partial charge in [0.1, 0.15) is 5.75 Å². The van der Waals surface area contributed by atoms with E-state index in [2.05, 4.69) is 11.4 Å². The Bertz CT molecular complexity index is 341. The van der Waals surface area contributed by atoms with E-state index in [1.54, 1.807) is 7.11 Å². The maximum Gasteiger partial charge on any atom is 0.168 e. The lowest BCUT2D eigenvalue weighted by atomic mass is 10.2. The Hall–Kier alpha value is -1.29. The van der Waals surface area contributed by atoms with E-state index < -0.39 is 0 Å². The number of nitrogens with zero attached hydrogens (tertiary/aromatic N) is 1. The molecule has 0 spiro atoms. The molecular weight excluding hydrogens is 208 g/mol. The minimum atomic E-state index is 0.734. The molecule has 1 rings (SSSR count). The van der Waals surface area contributed by atoms with Gasteiger partial charge in [-0.25, -0.2) is 0 Å². The third-order valence-corrected chi connectivity index (χ3v) is 2.63. The number of rotatable bonds is 3. The van der Waals surface area contributed by atoms with E-state index in [-0.39, 0.29) is 0 Å². The maximum absolute atomic E-state index is 5.16. The van der Waals surface area contributed by atoms with Gasteiger partial charge in [0.05, 0.1) is 7.11 Å². The lowest BCUT2D eigenvalue weighted by Gasteiger charge is -2.19. The van der Waals surface area contributed by atoms with E-state index >= 15 is 0 Å². The highest BCUT2D eigenvalue weighted by Gasteiger charge is 2.03. The highest BCUT2D eigenvalue weighted by Crippen LogP contribution is 2.13. The van der Waals surface area contributed by atoms with Gasteiger partial charge in [-0.1, -0.05) is 12.1 Å². The van der Waals surface area contributed by atoms with E-state index in [1.165, 1.54) is 5.56 Å². The molecule has 15 heavy (non-hydrogen) atoms. The van der Waals surface area contributed by atoms with Crippen molar-refractivity contribution in [1.82, 2.24) is 10.2 Å². The van der Waals surface area contributed by atoms with Crippen LogP contribution < -0.4 is 10.1 Å². The minimum absolute atomic E-state index is 0.734. The van der Waals surface area contributed by atoms with Crippen molar-refractivity contribution in [1.29, 1.82) is 0 Å². The lowest BCUT2D eigenvalue weighted by molar-refractivity contribution is 0.412. The number of ether oxygens (including phenoxy) is 1. The molecule has 1 aromatic carbocycles. The molecular formula is C11H16N2OS. The number of benzene rings is 1. The van der Waals surface area contributed by atoms with Crippen molar-refractivity contribution in [3.63, 3.8) is 0 Å². The van der Waals surface area contributed by atoms with Gasteiger partial charge in [-0.3, -0.25) is 0 Å². The average molecular weight is 224 g/mol. The third-order valence-electron chi connectivity index (χ3n) is 2.11. The molecule has 0 aromatic heterocycles. The zero-order valence-corrected chi connectivity index (χ0v) is 10.1. The summed E-state index contributed by atoms with van der Waals surface area (Å²) in [4.78, 5) is 1.98. The second-order valence-corrected chi connectivity index (χ2v) is 3.65. The van der Waals surface area contributed by atoms with Crippen molar-refractivity contribution >= 4 is 17.3 Å². The van der Waals surface area contributed by atoms with Gasteiger partial charge in [0, 0.05) is 20.6 Å². The standard InChI is InChI=1S/C11H16N2OS/c1-12-11(15)13(2)8-9-5-4-6-10(7-9)14-3/h4-7H,8H2,1-3H3,(H,12,15). The molecule has 82 valence electrons. The first-order valence-electron chi connectivity index (χ1n) is 4.73. The molecule has 0 amide bonds. The molecule has 0 atom stereocenters. The van der Waals surface area contributed by atoms with Crippen LogP contribution >= 0.6 is 12.2 Å². The number of thiocarbonyl (C=S) groups is 1. The Kier molecular flexibility index (Phi) is 4.37. The molecule has 0 fully saturated rings. The Morgan fingerprint density at radius 2 is 2.27 bits per heavy atom. The van der Waals surface area contributed by atoms with Crippen molar-refractivity contribution in [3.05, 3.63) is 29.8 Å². The second-order valence-electron chi connectivity index (χ2n) is 3.26. The summed E-state index contributed by atoms with van der Waals surface area (Å²) in [6.45, 7) is 0.775. The molecule has 0 aliphatic rings. The van der Waals surface area contributed by atoms with Gasteiger partial charge >= 0.3 is 0 Å². The molecule has 1 N–H and O–H groups in total. The van der Waals surface area contributed by atoms with Gasteiger partial charge < -0.3 is 15.0 Å². The van der Waals surface area contributed by atoms with Crippen molar-refractivity contribution in [3.8, 4) is 5.75 Å². The highest BCUT2D eigenvalue weighted by atomic mass is 32.1. The fraction of sp³-hybridized carbons (Fsp3) is 0.364. The van der Waals surface area contributed by atoms with E-state index in [0.717, 1.165) is 17.4 Å². The molecule has 4 heteroatoms. The molecule has 0 heterocycles. The molecule has 0 saturated carbocycles. The SMILES string of the molecule is CNC(=S)N(C)Cc1cccc(OC)c1. The monoisotopic (exact) mass is 224 g/mol. The van der Waals surface area contributed by atoms with Crippen LogP contribution in [0, 0.1) is 0 Å². The molecule has 0 saturated heterocycles. The first kappa shape index (κ1) is 11.8. The topological polar surface area (TPSA) is 24.5 Å². The van der Waals surface area contributed by atoms with Crippen LogP contribution in [-0.4, -0.2) is 31.2 Å². The number of hydrogen-bond donors (Lipinski definition) is 1. The predicted octanol–water partition coefficient (Wildman–Crippen LogP) is 1.63. The summed E-state index contributed by atoms with van der Waals surface area (Å²) >= 11 is 5.12. The van der Waals surface area contributed by atoms with E-state index in [0.29, 0.717) is 0 Å². The maximum atomic E-state index is 5.16. The minimum Gasteiger partial charge on any atom is -0.497 e. The smallest absolute Gasteiger partial charge is 0.168 e. The Labute approximate surface area is 96.0 Å². The summed E-state index contributed by atoms with van der Waals surface area (Å²) in [5, 5.41) is 3.67. The van der Waals surface area contributed by atoms with E-state index in [4.69, 9.17) is 17.0 Å². The molecule has 0 unspecified atom stereocenters. The van der Waals surface area contributed by atoms with Crippen LogP contribution in [0.2, 0.25) is 0 Å². The third kappa shape index (κ3) is 3.40. The predicted molar refractivity (Wildman–Crippen MR) is 66.1 cm³/mol. The van der Waals surface area contributed by atoms with E-state index in [1.807, 2.05) is 37.2 Å². The fourth-order valence-electron chi connectivity index (χ4n) is 1.31. The largest absolute Gasteiger partial charge is 0.497 e. The zero-order valence-electron chi connectivity index (χ0n) is 9.28. The van der Waals surface area contributed by atoms with Crippen molar-refractivity contribution in [2.75, 3.05) is 21.2 Å². The summed E-state index contributed by atoms with van der Waals surface area (Å²) in [6.07, 6.45) is 0. The van der Waals surface area contributed by atoms with Crippen LogP contribution in [0.5, 0.6) is 5.75 Å². The van der Waals surface area contributed by atoms with Crippen LogP contribution in [0.25, 0.3) is 0 Å². The van der Waals surface area contributed by atoms with Crippen LogP contribution in [0.4, 0.5) is 0 Å². The van der Waals surface area contributed by atoms with Crippen molar-refractivity contribution in [2.24, 2.45) is 0 Å². The number of methoxy groups -OCH3 is 1. The Morgan fingerprint density at radius 3 is 2.87 bits per heavy atom.